The Labute approximate surface area is 201 Å². The Morgan fingerprint density at radius 1 is 1.03 bits per heavy atom. The first-order valence-electron chi connectivity index (χ1n) is 9.80. The average Bonchev–Trinajstić information content (AvgIpc) is 3.31. The number of hydrogen-bond donors (Lipinski definition) is 1. The van der Waals surface area contributed by atoms with Crippen LogP contribution in [0, 0.1) is 10.1 Å². The normalized spacial score (nSPS) is 10.7. The van der Waals surface area contributed by atoms with E-state index in [9.17, 15) is 14.9 Å². The van der Waals surface area contributed by atoms with Crippen LogP contribution in [0.2, 0.25) is 0 Å². The van der Waals surface area contributed by atoms with E-state index >= 15 is 0 Å². The van der Waals surface area contributed by atoms with E-state index in [1.165, 1.54) is 23.9 Å². The maximum absolute atomic E-state index is 12.6. The maximum atomic E-state index is 12.6. The van der Waals surface area contributed by atoms with E-state index in [2.05, 4.69) is 31.4 Å². The minimum atomic E-state index is -0.513. The maximum Gasteiger partial charge on any atom is 0.277 e. The monoisotopic (exact) mass is 524 g/mol. The van der Waals surface area contributed by atoms with Crippen LogP contribution in [0.5, 0.6) is 0 Å². The minimum absolute atomic E-state index is 0.154. The molecule has 0 aliphatic rings. The fourth-order valence-corrected chi connectivity index (χ4v) is 3.95. The molecule has 0 saturated heterocycles. The molecule has 0 bridgehead atoms. The summed E-state index contributed by atoms with van der Waals surface area (Å²) in [5.41, 5.74) is 2.38. The summed E-state index contributed by atoms with van der Waals surface area (Å²) in [6, 6.07) is 21.2. The minimum Gasteiger partial charge on any atom is -0.411 e. The van der Waals surface area contributed by atoms with Gasteiger partial charge < -0.3 is 9.73 Å². The van der Waals surface area contributed by atoms with Crippen molar-refractivity contribution in [3.05, 3.63) is 104 Å². The Hall–Kier alpha value is -3.50. The summed E-state index contributed by atoms with van der Waals surface area (Å²) < 4.78 is 6.63. The summed E-state index contributed by atoms with van der Waals surface area (Å²) in [7, 11) is 0. The molecule has 3 aromatic carbocycles. The summed E-state index contributed by atoms with van der Waals surface area (Å²) in [5.74, 6) is 0.317. The molecule has 0 atom stereocenters. The Bertz CT molecular complexity index is 1280. The predicted octanol–water partition coefficient (Wildman–Crippen LogP) is 5.63. The van der Waals surface area contributed by atoms with Gasteiger partial charge in [-0.2, -0.15) is 0 Å². The Morgan fingerprint density at radius 2 is 1.79 bits per heavy atom. The number of amides is 1. The van der Waals surface area contributed by atoms with E-state index in [1.54, 1.807) is 6.07 Å². The first-order chi connectivity index (χ1) is 16.0. The van der Waals surface area contributed by atoms with Gasteiger partial charge in [-0.05, 0) is 41.5 Å². The van der Waals surface area contributed by atoms with Crippen LogP contribution in [0.15, 0.2) is 86.9 Å². The van der Waals surface area contributed by atoms with Gasteiger partial charge >= 0.3 is 0 Å². The molecule has 0 unspecified atom stereocenters. The molecule has 4 rings (SSSR count). The van der Waals surface area contributed by atoms with Crippen molar-refractivity contribution < 1.29 is 14.1 Å². The molecule has 4 aromatic rings. The SMILES string of the molecule is O=C(NCc1ccccc1)c1cc(CSc2nnc(-c3ccc(Br)cc3)o2)cc([N+](=O)[O-])c1. The molecule has 0 aliphatic carbocycles. The highest BCUT2D eigenvalue weighted by molar-refractivity contribution is 9.10. The van der Waals surface area contributed by atoms with Crippen molar-refractivity contribution in [3.63, 3.8) is 0 Å². The van der Waals surface area contributed by atoms with Gasteiger partial charge in [-0.15, -0.1) is 10.2 Å². The summed E-state index contributed by atoms with van der Waals surface area (Å²) in [6.45, 7) is 0.327. The molecular weight excluding hydrogens is 508 g/mol. The molecule has 1 heterocycles. The second kappa shape index (κ2) is 10.4. The number of non-ortho nitro benzene ring substituents is 1. The van der Waals surface area contributed by atoms with E-state index in [4.69, 9.17) is 4.42 Å². The van der Waals surface area contributed by atoms with Crippen LogP contribution >= 0.6 is 27.7 Å². The van der Waals surface area contributed by atoms with Gasteiger partial charge in [-0.25, -0.2) is 0 Å². The van der Waals surface area contributed by atoms with Crippen molar-refractivity contribution in [2.45, 2.75) is 17.5 Å². The van der Waals surface area contributed by atoms with Crippen LogP contribution in [0.25, 0.3) is 11.5 Å². The topological polar surface area (TPSA) is 111 Å². The van der Waals surface area contributed by atoms with Gasteiger partial charge in [0.25, 0.3) is 16.8 Å². The largest absolute Gasteiger partial charge is 0.411 e. The third kappa shape index (κ3) is 6.05. The molecule has 0 spiro atoms. The van der Waals surface area contributed by atoms with Gasteiger partial charge in [-0.1, -0.05) is 58.0 Å². The molecule has 0 saturated carbocycles. The molecule has 8 nitrogen and oxygen atoms in total. The molecular formula is C23H17BrN4O4S. The molecule has 10 heteroatoms. The van der Waals surface area contributed by atoms with E-state index in [0.29, 0.717) is 29.0 Å². The van der Waals surface area contributed by atoms with Gasteiger partial charge in [0.05, 0.1) is 4.92 Å². The summed E-state index contributed by atoms with van der Waals surface area (Å²) in [6.07, 6.45) is 0. The lowest BCUT2D eigenvalue weighted by Crippen LogP contribution is -2.23. The van der Waals surface area contributed by atoms with Crippen LogP contribution in [0.4, 0.5) is 5.69 Å². The molecule has 1 aromatic heterocycles. The number of benzene rings is 3. The van der Waals surface area contributed by atoms with Crippen molar-refractivity contribution in [1.29, 1.82) is 0 Å². The Morgan fingerprint density at radius 3 is 2.52 bits per heavy atom. The number of nitro benzene ring substituents is 1. The number of carbonyl (C=O) groups excluding carboxylic acids is 1. The van der Waals surface area contributed by atoms with Gasteiger partial charge in [0.2, 0.25) is 5.89 Å². The van der Waals surface area contributed by atoms with Crippen molar-refractivity contribution in [1.82, 2.24) is 15.5 Å². The van der Waals surface area contributed by atoms with Crippen molar-refractivity contribution in [2.75, 3.05) is 0 Å². The fraction of sp³-hybridized carbons (Fsp3) is 0.0870. The molecule has 33 heavy (non-hydrogen) atoms. The van der Waals surface area contributed by atoms with Gasteiger partial charge in [0, 0.05) is 40.0 Å². The highest BCUT2D eigenvalue weighted by Gasteiger charge is 2.16. The van der Waals surface area contributed by atoms with Gasteiger partial charge in [0.1, 0.15) is 0 Å². The molecule has 0 aliphatic heterocycles. The van der Waals surface area contributed by atoms with Crippen LogP contribution in [0.3, 0.4) is 0 Å². The number of hydrogen-bond acceptors (Lipinski definition) is 7. The highest BCUT2D eigenvalue weighted by atomic mass is 79.9. The third-order valence-electron chi connectivity index (χ3n) is 4.61. The Kier molecular flexibility index (Phi) is 7.16. The van der Waals surface area contributed by atoms with Crippen molar-refractivity contribution in [3.8, 4) is 11.5 Å². The first kappa shape index (κ1) is 22.7. The number of nitro groups is 1. The zero-order chi connectivity index (χ0) is 23.2. The smallest absolute Gasteiger partial charge is 0.277 e. The summed E-state index contributed by atoms with van der Waals surface area (Å²) in [4.78, 5) is 23.5. The van der Waals surface area contributed by atoms with Crippen LogP contribution in [0.1, 0.15) is 21.5 Å². The van der Waals surface area contributed by atoms with E-state index in [-0.39, 0.29) is 17.2 Å². The van der Waals surface area contributed by atoms with Crippen molar-refractivity contribution in [2.24, 2.45) is 0 Å². The van der Waals surface area contributed by atoms with Crippen LogP contribution < -0.4 is 5.32 Å². The number of rotatable bonds is 8. The summed E-state index contributed by atoms with van der Waals surface area (Å²) >= 11 is 4.62. The van der Waals surface area contributed by atoms with Crippen molar-refractivity contribution >= 4 is 39.3 Å². The lowest BCUT2D eigenvalue weighted by molar-refractivity contribution is -0.384. The number of nitrogens with one attached hydrogen (secondary N) is 1. The van der Waals surface area contributed by atoms with E-state index in [0.717, 1.165) is 15.6 Å². The number of halogens is 1. The number of thioether (sulfide) groups is 1. The average molecular weight is 525 g/mol. The van der Waals surface area contributed by atoms with E-state index in [1.807, 2.05) is 54.6 Å². The van der Waals surface area contributed by atoms with E-state index < -0.39 is 4.92 Å². The molecule has 1 N–H and O–H groups in total. The fourth-order valence-electron chi connectivity index (χ4n) is 3.00. The first-order valence-corrected chi connectivity index (χ1v) is 11.6. The second-order valence-electron chi connectivity index (χ2n) is 6.98. The molecule has 166 valence electrons. The molecule has 0 fully saturated rings. The quantitative estimate of drug-likeness (QED) is 0.180. The highest BCUT2D eigenvalue weighted by Crippen LogP contribution is 2.28. The number of carbonyl (C=O) groups is 1. The lowest BCUT2D eigenvalue weighted by Gasteiger charge is -2.07. The molecule has 0 radical (unpaired) electrons. The Balaban J connectivity index is 1.46. The number of nitrogens with zero attached hydrogens (tertiary/aromatic N) is 3. The van der Waals surface area contributed by atoms with Crippen LogP contribution in [-0.4, -0.2) is 21.0 Å². The second-order valence-corrected chi connectivity index (χ2v) is 8.82. The number of aromatic nitrogens is 2. The zero-order valence-corrected chi connectivity index (χ0v) is 19.5. The lowest BCUT2D eigenvalue weighted by atomic mass is 10.1. The third-order valence-corrected chi connectivity index (χ3v) is 6.02. The standard InChI is InChI=1S/C23H17BrN4O4S/c24-19-8-6-17(7-9-19)22-26-27-23(32-22)33-14-16-10-18(12-20(11-16)28(30)31)21(29)25-13-15-4-2-1-3-5-15/h1-12H,13-14H2,(H,25,29). The predicted molar refractivity (Wildman–Crippen MR) is 128 cm³/mol. The zero-order valence-electron chi connectivity index (χ0n) is 17.1. The van der Waals surface area contributed by atoms with Gasteiger partial charge in [-0.3, -0.25) is 14.9 Å². The van der Waals surface area contributed by atoms with Crippen LogP contribution in [-0.2, 0) is 12.3 Å². The molecule has 1 amide bonds. The van der Waals surface area contributed by atoms with Gasteiger partial charge in [0.15, 0.2) is 0 Å². The summed E-state index contributed by atoms with van der Waals surface area (Å²) in [5, 5.41) is 22.6.